The summed E-state index contributed by atoms with van der Waals surface area (Å²) < 4.78 is 16.3. The van der Waals surface area contributed by atoms with Gasteiger partial charge in [-0.25, -0.2) is 4.98 Å². The first-order valence-corrected chi connectivity index (χ1v) is 9.30. The minimum Gasteiger partial charge on any atom is -0.489 e. The Labute approximate surface area is 174 Å². The minimum absolute atomic E-state index is 0.231. The van der Waals surface area contributed by atoms with Crippen molar-refractivity contribution in [1.29, 1.82) is 5.26 Å². The van der Waals surface area contributed by atoms with Gasteiger partial charge >= 0.3 is 0 Å². The number of methoxy groups -OCH3 is 1. The average molecular weight is 403 g/mol. The van der Waals surface area contributed by atoms with Gasteiger partial charge in [0.05, 0.1) is 18.2 Å². The van der Waals surface area contributed by atoms with Crippen LogP contribution in [0.5, 0.6) is 11.6 Å². The van der Waals surface area contributed by atoms with E-state index in [0.29, 0.717) is 41.7 Å². The van der Waals surface area contributed by atoms with Gasteiger partial charge in [0, 0.05) is 24.4 Å². The Balaban J connectivity index is 1.67. The molecule has 0 bridgehead atoms. The number of anilines is 1. The number of nitriles is 1. The van der Waals surface area contributed by atoms with Gasteiger partial charge < -0.3 is 19.5 Å². The number of carbonyl (C=O) groups excluding carboxylic acids is 1. The first kappa shape index (κ1) is 20.8. The summed E-state index contributed by atoms with van der Waals surface area (Å²) in [4.78, 5) is 16.9. The van der Waals surface area contributed by atoms with Crippen molar-refractivity contribution in [3.8, 4) is 17.7 Å². The summed E-state index contributed by atoms with van der Waals surface area (Å²) in [6.07, 6.45) is 1.59. The number of aromatic nitrogens is 1. The number of carbonyl (C=O) groups is 1. The third kappa shape index (κ3) is 5.56. The number of pyridine rings is 1. The second-order valence-electron chi connectivity index (χ2n) is 6.24. The van der Waals surface area contributed by atoms with Crippen molar-refractivity contribution in [3.63, 3.8) is 0 Å². The first-order valence-electron chi connectivity index (χ1n) is 9.30. The summed E-state index contributed by atoms with van der Waals surface area (Å²) >= 11 is 0. The van der Waals surface area contributed by atoms with Crippen molar-refractivity contribution in [2.45, 2.75) is 6.61 Å². The third-order valence-electron chi connectivity index (χ3n) is 4.17. The lowest BCUT2D eigenvalue weighted by Gasteiger charge is -2.12. The molecule has 0 radical (unpaired) electrons. The SMILES string of the molecule is COCCOc1ncccc1NC(=O)c1cccc(OCc2ccccc2C#N)c1. The molecule has 0 spiro atoms. The molecule has 1 heterocycles. The van der Waals surface area contributed by atoms with Crippen LogP contribution in [0.4, 0.5) is 5.69 Å². The van der Waals surface area contributed by atoms with Crippen molar-refractivity contribution in [2.24, 2.45) is 0 Å². The monoisotopic (exact) mass is 403 g/mol. The fourth-order valence-corrected chi connectivity index (χ4v) is 2.66. The molecule has 0 unspecified atom stereocenters. The molecule has 1 aromatic heterocycles. The highest BCUT2D eigenvalue weighted by Crippen LogP contribution is 2.22. The van der Waals surface area contributed by atoms with E-state index in [2.05, 4.69) is 16.4 Å². The van der Waals surface area contributed by atoms with Crippen LogP contribution in [-0.2, 0) is 11.3 Å². The van der Waals surface area contributed by atoms with E-state index in [1.165, 1.54) is 0 Å². The van der Waals surface area contributed by atoms with E-state index in [-0.39, 0.29) is 12.5 Å². The van der Waals surface area contributed by atoms with Crippen LogP contribution in [0.15, 0.2) is 66.9 Å². The van der Waals surface area contributed by atoms with Crippen LogP contribution >= 0.6 is 0 Å². The Hall–Kier alpha value is -3.89. The van der Waals surface area contributed by atoms with Gasteiger partial charge in [0.1, 0.15) is 24.7 Å². The number of amides is 1. The summed E-state index contributed by atoms with van der Waals surface area (Å²) in [5, 5.41) is 12.0. The van der Waals surface area contributed by atoms with E-state index in [0.717, 1.165) is 5.56 Å². The number of rotatable bonds is 9. The highest BCUT2D eigenvalue weighted by atomic mass is 16.5. The maximum absolute atomic E-state index is 12.7. The molecule has 0 aliphatic heterocycles. The van der Waals surface area contributed by atoms with Crippen molar-refractivity contribution >= 4 is 11.6 Å². The van der Waals surface area contributed by atoms with Crippen LogP contribution in [-0.4, -0.2) is 31.2 Å². The van der Waals surface area contributed by atoms with Crippen LogP contribution in [0.3, 0.4) is 0 Å². The second-order valence-corrected chi connectivity index (χ2v) is 6.24. The smallest absolute Gasteiger partial charge is 0.255 e. The lowest BCUT2D eigenvalue weighted by atomic mass is 10.1. The normalized spacial score (nSPS) is 10.1. The summed E-state index contributed by atoms with van der Waals surface area (Å²) in [6.45, 7) is 0.969. The van der Waals surface area contributed by atoms with Crippen molar-refractivity contribution in [1.82, 2.24) is 4.98 Å². The predicted octanol–water partition coefficient (Wildman–Crippen LogP) is 3.81. The van der Waals surface area contributed by atoms with Crippen LogP contribution in [0.2, 0.25) is 0 Å². The zero-order valence-corrected chi connectivity index (χ0v) is 16.5. The molecule has 7 nitrogen and oxygen atoms in total. The molecule has 152 valence electrons. The van der Waals surface area contributed by atoms with Crippen molar-refractivity contribution in [3.05, 3.63) is 83.6 Å². The fraction of sp³-hybridized carbons (Fsp3) is 0.174. The van der Waals surface area contributed by atoms with E-state index in [1.807, 2.05) is 12.1 Å². The van der Waals surface area contributed by atoms with E-state index in [4.69, 9.17) is 14.2 Å². The summed E-state index contributed by atoms with van der Waals surface area (Å²) in [7, 11) is 1.58. The van der Waals surface area contributed by atoms with Crippen LogP contribution in [0.1, 0.15) is 21.5 Å². The van der Waals surface area contributed by atoms with Crippen molar-refractivity contribution in [2.75, 3.05) is 25.6 Å². The zero-order chi connectivity index (χ0) is 21.2. The van der Waals surface area contributed by atoms with Gasteiger partial charge in [-0.2, -0.15) is 5.26 Å². The summed E-state index contributed by atoms with van der Waals surface area (Å²) in [6, 6.07) is 19.6. The Morgan fingerprint density at radius 3 is 2.77 bits per heavy atom. The molecule has 1 amide bonds. The maximum atomic E-state index is 12.7. The predicted molar refractivity (Wildman–Crippen MR) is 111 cm³/mol. The number of hydrogen-bond acceptors (Lipinski definition) is 6. The molecule has 0 aliphatic rings. The van der Waals surface area contributed by atoms with E-state index in [1.54, 1.807) is 61.8 Å². The average Bonchev–Trinajstić information content (AvgIpc) is 2.79. The molecule has 0 aliphatic carbocycles. The lowest BCUT2D eigenvalue weighted by molar-refractivity contribution is 0.102. The van der Waals surface area contributed by atoms with Gasteiger partial charge in [0.2, 0.25) is 5.88 Å². The maximum Gasteiger partial charge on any atom is 0.255 e. The Kier molecular flexibility index (Phi) is 7.36. The minimum atomic E-state index is -0.317. The number of nitrogens with zero attached hydrogens (tertiary/aromatic N) is 2. The molecule has 0 atom stereocenters. The van der Waals surface area contributed by atoms with Crippen LogP contribution in [0.25, 0.3) is 0 Å². The second kappa shape index (κ2) is 10.6. The van der Waals surface area contributed by atoms with Gasteiger partial charge in [0.15, 0.2) is 0 Å². The van der Waals surface area contributed by atoms with E-state index >= 15 is 0 Å². The van der Waals surface area contributed by atoms with Gasteiger partial charge in [-0.15, -0.1) is 0 Å². The van der Waals surface area contributed by atoms with E-state index < -0.39 is 0 Å². The summed E-state index contributed by atoms with van der Waals surface area (Å²) in [5.74, 6) is 0.532. The quantitative estimate of drug-likeness (QED) is 0.546. The van der Waals surface area contributed by atoms with E-state index in [9.17, 15) is 10.1 Å². The van der Waals surface area contributed by atoms with Crippen LogP contribution < -0.4 is 14.8 Å². The zero-order valence-electron chi connectivity index (χ0n) is 16.5. The summed E-state index contributed by atoms with van der Waals surface area (Å²) in [5.41, 5.74) is 2.23. The first-order chi connectivity index (χ1) is 14.7. The molecule has 3 rings (SSSR count). The number of ether oxygens (including phenoxy) is 3. The molecule has 3 aromatic rings. The van der Waals surface area contributed by atoms with Gasteiger partial charge in [-0.1, -0.05) is 24.3 Å². The van der Waals surface area contributed by atoms with Gasteiger partial charge in [-0.05, 0) is 36.4 Å². The Bertz CT molecular complexity index is 1050. The number of nitrogens with one attached hydrogen (secondary N) is 1. The Morgan fingerprint density at radius 1 is 1.07 bits per heavy atom. The third-order valence-corrected chi connectivity index (χ3v) is 4.17. The van der Waals surface area contributed by atoms with Gasteiger partial charge in [0.25, 0.3) is 5.91 Å². The highest BCUT2D eigenvalue weighted by Gasteiger charge is 2.12. The molecule has 30 heavy (non-hydrogen) atoms. The molecule has 0 saturated carbocycles. The number of benzene rings is 2. The molecule has 2 aromatic carbocycles. The molecular formula is C23H21N3O4. The lowest BCUT2D eigenvalue weighted by Crippen LogP contribution is -2.14. The fourth-order valence-electron chi connectivity index (χ4n) is 2.66. The standard InChI is InChI=1S/C23H21N3O4/c1-28-12-13-29-23-21(10-5-11-25-23)26-22(27)17-8-4-9-20(14-17)30-16-19-7-3-2-6-18(19)15-24/h2-11,14H,12-13,16H2,1H3,(H,26,27). The topological polar surface area (TPSA) is 93.5 Å². The molecule has 7 heteroatoms. The Morgan fingerprint density at radius 2 is 1.93 bits per heavy atom. The largest absolute Gasteiger partial charge is 0.489 e. The number of hydrogen-bond donors (Lipinski definition) is 1. The molecule has 0 fully saturated rings. The van der Waals surface area contributed by atoms with Gasteiger partial charge in [-0.3, -0.25) is 4.79 Å². The molecular weight excluding hydrogens is 382 g/mol. The van der Waals surface area contributed by atoms with Crippen molar-refractivity contribution < 1.29 is 19.0 Å². The molecule has 1 N–H and O–H groups in total. The van der Waals surface area contributed by atoms with Crippen LogP contribution in [0, 0.1) is 11.3 Å². The molecule has 0 saturated heterocycles. The highest BCUT2D eigenvalue weighted by molar-refractivity contribution is 6.05.